The van der Waals surface area contributed by atoms with E-state index in [1.165, 1.54) is 16.7 Å². The van der Waals surface area contributed by atoms with Crippen molar-refractivity contribution in [1.29, 1.82) is 5.41 Å². The zero-order valence-electron chi connectivity index (χ0n) is 18.4. The number of carbonyl (C=O) groups is 1. The number of amidine groups is 1. The minimum absolute atomic E-state index is 0.0926. The van der Waals surface area contributed by atoms with Crippen molar-refractivity contribution in [2.75, 3.05) is 7.05 Å². The average molecular weight is 445 g/mol. The highest BCUT2D eigenvalue weighted by atomic mass is 32.1. The summed E-state index contributed by atoms with van der Waals surface area (Å²) in [4.78, 5) is 12.4. The molecule has 32 heavy (non-hydrogen) atoms. The summed E-state index contributed by atoms with van der Waals surface area (Å²) in [7, 11) is 1.65. The first-order chi connectivity index (χ1) is 15.5. The van der Waals surface area contributed by atoms with E-state index in [4.69, 9.17) is 11.1 Å². The van der Waals surface area contributed by atoms with Crippen molar-refractivity contribution in [1.82, 2.24) is 9.88 Å². The molecular weight excluding hydrogens is 416 g/mol. The number of aromatic nitrogens is 1. The molecule has 0 saturated carbocycles. The molecule has 0 saturated heterocycles. The van der Waals surface area contributed by atoms with Crippen LogP contribution < -0.4 is 11.1 Å². The van der Waals surface area contributed by atoms with Gasteiger partial charge in [0.15, 0.2) is 0 Å². The lowest BCUT2D eigenvalue weighted by molar-refractivity contribution is 0.0963. The Bertz CT molecular complexity index is 1250. The van der Waals surface area contributed by atoms with Gasteiger partial charge in [-0.2, -0.15) is 11.3 Å². The number of nitrogens with zero attached hydrogens (tertiary/aromatic N) is 1. The summed E-state index contributed by atoms with van der Waals surface area (Å²) in [5.41, 5.74) is 13.5. The van der Waals surface area contributed by atoms with E-state index in [1.807, 2.05) is 18.2 Å². The number of thiophene rings is 1. The van der Waals surface area contributed by atoms with Crippen molar-refractivity contribution >= 4 is 34.0 Å². The number of fused-ring (bicyclic) bond motifs is 1. The van der Waals surface area contributed by atoms with Crippen LogP contribution in [0.5, 0.6) is 0 Å². The topological polar surface area (TPSA) is 83.9 Å². The van der Waals surface area contributed by atoms with Crippen molar-refractivity contribution in [3.05, 3.63) is 81.5 Å². The number of benzene rings is 2. The van der Waals surface area contributed by atoms with Gasteiger partial charge in [0.05, 0.1) is 11.5 Å². The van der Waals surface area contributed by atoms with Crippen molar-refractivity contribution in [3.8, 4) is 11.3 Å². The lowest BCUT2D eigenvalue weighted by Crippen LogP contribution is -2.17. The molecule has 0 unspecified atom stereocenters. The second kappa shape index (κ2) is 9.40. The number of aryl methyl sites for hydroxylation is 4. The molecule has 4 aromatic rings. The molecule has 6 heteroatoms. The Hall–Kier alpha value is -3.38. The monoisotopic (exact) mass is 444 g/mol. The number of hydrogen-bond donors (Lipinski definition) is 3. The molecule has 1 amide bonds. The molecule has 0 aliphatic rings. The maximum atomic E-state index is 12.4. The highest BCUT2D eigenvalue weighted by Gasteiger charge is 2.20. The van der Waals surface area contributed by atoms with Crippen LogP contribution >= 0.6 is 11.3 Å². The Kier molecular flexibility index (Phi) is 6.42. The fraction of sp³-hybridized carbons (Fsp3) is 0.231. The van der Waals surface area contributed by atoms with E-state index in [-0.39, 0.29) is 11.7 Å². The highest BCUT2D eigenvalue weighted by Crippen LogP contribution is 2.36. The van der Waals surface area contributed by atoms with Gasteiger partial charge in [-0.3, -0.25) is 10.2 Å². The van der Waals surface area contributed by atoms with Crippen molar-refractivity contribution < 1.29 is 4.79 Å². The third-order valence-corrected chi connectivity index (χ3v) is 6.52. The average Bonchev–Trinajstić information content (AvgIpc) is 3.42. The van der Waals surface area contributed by atoms with E-state index < -0.39 is 0 Å². The molecule has 0 aliphatic carbocycles. The van der Waals surface area contributed by atoms with Crippen LogP contribution in [-0.4, -0.2) is 23.4 Å². The normalized spacial score (nSPS) is 11.1. The van der Waals surface area contributed by atoms with Gasteiger partial charge in [0.25, 0.3) is 5.91 Å². The van der Waals surface area contributed by atoms with Crippen LogP contribution in [0.2, 0.25) is 0 Å². The van der Waals surface area contributed by atoms with Crippen LogP contribution in [0.25, 0.3) is 22.2 Å². The van der Waals surface area contributed by atoms with E-state index >= 15 is 0 Å². The lowest BCUT2D eigenvalue weighted by Gasteiger charge is -2.11. The number of nitrogens with one attached hydrogen (secondary N) is 2. The van der Waals surface area contributed by atoms with Crippen LogP contribution in [0.3, 0.4) is 0 Å². The van der Waals surface area contributed by atoms with E-state index in [0.717, 1.165) is 35.0 Å². The highest BCUT2D eigenvalue weighted by molar-refractivity contribution is 7.08. The van der Waals surface area contributed by atoms with Crippen LogP contribution in [0, 0.1) is 12.3 Å². The van der Waals surface area contributed by atoms with Gasteiger partial charge in [0, 0.05) is 47.4 Å². The summed E-state index contributed by atoms with van der Waals surface area (Å²) < 4.78 is 2.26. The van der Waals surface area contributed by atoms with Gasteiger partial charge in [-0.1, -0.05) is 29.8 Å². The Balaban J connectivity index is 1.87. The van der Waals surface area contributed by atoms with Gasteiger partial charge in [0.1, 0.15) is 0 Å². The van der Waals surface area contributed by atoms with E-state index in [0.29, 0.717) is 18.5 Å². The SMILES string of the molecule is CNC(=O)c1ccc2c(c1)c(CCc1ccc(C)cc1)c(-c1ccsc1)n2CCC(=N)N. The predicted molar refractivity (Wildman–Crippen MR) is 134 cm³/mol. The summed E-state index contributed by atoms with van der Waals surface area (Å²) in [5.74, 6) is 0.0799. The minimum atomic E-state index is -0.0926. The Labute approximate surface area is 192 Å². The summed E-state index contributed by atoms with van der Waals surface area (Å²) in [6.45, 7) is 2.72. The fourth-order valence-electron chi connectivity index (χ4n) is 4.18. The van der Waals surface area contributed by atoms with Crippen molar-refractivity contribution in [2.24, 2.45) is 5.73 Å². The third kappa shape index (κ3) is 4.46. The molecule has 0 fully saturated rings. The van der Waals surface area contributed by atoms with Crippen LogP contribution in [-0.2, 0) is 19.4 Å². The second-order valence-corrected chi connectivity index (χ2v) is 8.84. The van der Waals surface area contributed by atoms with Crippen molar-refractivity contribution in [3.63, 3.8) is 0 Å². The number of rotatable bonds is 8. The van der Waals surface area contributed by atoms with E-state index in [9.17, 15) is 4.79 Å². The van der Waals surface area contributed by atoms with E-state index in [1.54, 1.807) is 18.4 Å². The quantitative estimate of drug-likeness (QED) is 0.259. The molecule has 2 aromatic heterocycles. The fourth-order valence-corrected chi connectivity index (χ4v) is 4.82. The zero-order valence-corrected chi connectivity index (χ0v) is 19.3. The molecule has 0 spiro atoms. The molecule has 2 aromatic carbocycles. The van der Waals surface area contributed by atoms with Crippen LogP contribution in [0.1, 0.15) is 33.5 Å². The summed E-state index contributed by atoms with van der Waals surface area (Å²) in [5, 5.41) is 15.8. The Morgan fingerprint density at radius 2 is 1.91 bits per heavy atom. The van der Waals surface area contributed by atoms with Gasteiger partial charge < -0.3 is 15.6 Å². The number of hydrogen-bond acceptors (Lipinski definition) is 3. The molecule has 0 atom stereocenters. The molecule has 2 heterocycles. The van der Waals surface area contributed by atoms with Gasteiger partial charge in [-0.15, -0.1) is 0 Å². The van der Waals surface area contributed by atoms with E-state index in [2.05, 4.69) is 57.9 Å². The molecular formula is C26H28N4OS. The molecule has 5 nitrogen and oxygen atoms in total. The first kappa shape index (κ1) is 21.8. The number of carbonyl (C=O) groups excluding carboxylic acids is 1. The van der Waals surface area contributed by atoms with Crippen LogP contribution in [0.15, 0.2) is 59.3 Å². The van der Waals surface area contributed by atoms with Crippen LogP contribution in [0.4, 0.5) is 0 Å². The maximum absolute atomic E-state index is 12.4. The molecule has 0 aliphatic heterocycles. The first-order valence-electron chi connectivity index (χ1n) is 10.8. The molecule has 164 valence electrons. The molecule has 0 bridgehead atoms. The maximum Gasteiger partial charge on any atom is 0.251 e. The predicted octanol–water partition coefficient (Wildman–Crippen LogP) is 5.15. The molecule has 4 N–H and O–H groups in total. The second-order valence-electron chi connectivity index (χ2n) is 8.06. The van der Waals surface area contributed by atoms with Gasteiger partial charge in [0.2, 0.25) is 0 Å². The van der Waals surface area contributed by atoms with Gasteiger partial charge in [-0.05, 0) is 60.5 Å². The summed E-state index contributed by atoms with van der Waals surface area (Å²) in [6.07, 6.45) is 2.25. The Morgan fingerprint density at radius 3 is 2.56 bits per heavy atom. The first-order valence-corrected chi connectivity index (χ1v) is 11.7. The largest absolute Gasteiger partial charge is 0.388 e. The van der Waals surface area contributed by atoms with Gasteiger partial charge in [-0.25, -0.2) is 0 Å². The zero-order chi connectivity index (χ0) is 22.7. The van der Waals surface area contributed by atoms with Gasteiger partial charge >= 0.3 is 0 Å². The molecule has 4 rings (SSSR count). The minimum Gasteiger partial charge on any atom is -0.388 e. The Morgan fingerprint density at radius 1 is 1.12 bits per heavy atom. The molecule has 0 radical (unpaired) electrons. The number of amides is 1. The van der Waals surface area contributed by atoms with Crippen molar-refractivity contribution in [2.45, 2.75) is 32.7 Å². The smallest absolute Gasteiger partial charge is 0.251 e. The summed E-state index contributed by atoms with van der Waals surface area (Å²) >= 11 is 1.67. The third-order valence-electron chi connectivity index (χ3n) is 5.84. The lowest BCUT2D eigenvalue weighted by atomic mass is 9.98. The summed E-state index contributed by atoms with van der Waals surface area (Å²) in [6, 6.07) is 16.7. The standard InChI is InChI=1S/C26H28N4OS/c1-17-3-5-18(6-4-17)7-9-21-22-15-19(26(31)29-2)8-10-23(22)30(13-11-24(27)28)25(21)20-12-14-32-16-20/h3-6,8,10,12,14-16H,7,9,11,13H2,1-2H3,(H3,27,28)(H,29,31). The number of nitrogens with two attached hydrogens (primary N) is 1.